The second-order valence-corrected chi connectivity index (χ2v) is 11.3. The molecule has 2 aliphatic heterocycles. The third-order valence-corrected chi connectivity index (χ3v) is 8.13. The summed E-state index contributed by atoms with van der Waals surface area (Å²) in [7, 11) is 1.65. The SMILES string of the molecule is CC[C@@H]1CC(N(Cc2cc(C(F)(F)F)cc(C(F)(F)F)c2)c2ncc(N3CCN(C)C3=O)cn2)CN1c1nc(Cl)ncc1Cl. The first-order chi connectivity index (χ1) is 20.7. The summed E-state index contributed by atoms with van der Waals surface area (Å²) in [6.07, 6.45) is -4.79. The fourth-order valence-electron chi connectivity index (χ4n) is 5.46. The van der Waals surface area contributed by atoms with Crippen molar-refractivity contribution in [2.75, 3.05) is 41.4 Å². The van der Waals surface area contributed by atoms with E-state index in [9.17, 15) is 31.1 Å². The van der Waals surface area contributed by atoms with Crippen molar-refractivity contribution in [2.24, 2.45) is 0 Å². The summed E-state index contributed by atoms with van der Waals surface area (Å²) in [5.74, 6) is 0.417. The number of rotatable bonds is 7. The zero-order chi connectivity index (χ0) is 32.0. The van der Waals surface area contributed by atoms with E-state index in [-0.39, 0.29) is 53.0 Å². The number of aromatic nitrogens is 4. The Hall–Kier alpha value is -3.59. The number of nitrogens with zero attached hydrogens (tertiary/aromatic N) is 8. The lowest BCUT2D eigenvalue weighted by atomic mass is 10.0. The Balaban J connectivity index is 1.54. The predicted molar refractivity (Wildman–Crippen MR) is 152 cm³/mol. The molecule has 2 aliphatic rings. The van der Waals surface area contributed by atoms with Crippen LogP contribution in [-0.4, -0.2) is 69.6 Å². The van der Waals surface area contributed by atoms with E-state index in [1.54, 1.807) is 11.9 Å². The summed E-state index contributed by atoms with van der Waals surface area (Å²) >= 11 is 12.4. The Kier molecular flexibility index (Phi) is 8.73. The van der Waals surface area contributed by atoms with Crippen molar-refractivity contribution >= 4 is 46.7 Å². The van der Waals surface area contributed by atoms with Crippen LogP contribution in [0.4, 0.5) is 48.6 Å². The van der Waals surface area contributed by atoms with Crippen LogP contribution in [0.1, 0.15) is 36.5 Å². The van der Waals surface area contributed by atoms with Crippen molar-refractivity contribution < 1.29 is 31.1 Å². The molecule has 5 rings (SSSR count). The summed E-state index contributed by atoms with van der Waals surface area (Å²) < 4.78 is 82.0. The molecule has 0 radical (unpaired) electrons. The molecule has 2 saturated heterocycles. The normalized spacial score (nSPS) is 19.3. The van der Waals surface area contributed by atoms with Crippen LogP contribution in [0.2, 0.25) is 10.3 Å². The summed E-state index contributed by atoms with van der Waals surface area (Å²) in [5, 5.41) is 0.192. The summed E-state index contributed by atoms with van der Waals surface area (Å²) in [4.78, 5) is 35.9. The molecule has 17 heteroatoms. The first kappa shape index (κ1) is 31.8. The number of benzene rings is 1. The van der Waals surface area contributed by atoms with Gasteiger partial charge in [0.2, 0.25) is 11.2 Å². The van der Waals surface area contributed by atoms with Gasteiger partial charge in [-0.1, -0.05) is 18.5 Å². The molecular weight excluding hydrogens is 637 g/mol. The van der Waals surface area contributed by atoms with Gasteiger partial charge < -0.3 is 14.7 Å². The first-order valence-electron chi connectivity index (χ1n) is 13.5. The van der Waals surface area contributed by atoms with Gasteiger partial charge in [-0.05, 0) is 48.2 Å². The van der Waals surface area contributed by atoms with Crippen molar-refractivity contribution in [1.29, 1.82) is 0 Å². The number of alkyl halides is 6. The standard InChI is InChI=1S/C27H26Cl2F6N8O/c1-3-18-9-19(14-42(18)22-21(28)12-36-23(29)39-22)43(24-37-10-20(11-38-24)41-5-4-40(2)25(41)44)13-15-6-16(26(30,31)32)8-17(7-15)27(33,34)35/h6-8,10-12,18-19H,3-5,9,13-14H2,1-2H3/t18-,19?/m1/s1. The average Bonchev–Trinajstić information content (AvgIpc) is 3.55. The minimum absolute atomic E-state index is 0.0377. The van der Waals surface area contributed by atoms with Crippen molar-refractivity contribution in [2.45, 2.75) is 50.7 Å². The van der Waals surface area contributed by atoms with Gasteiger partial charge in [0.1, 0.15) is 5.02 Å². The first-order valence-corrected chi connectivity index (χ1v) is 14.3. The predicted octanol–water partition coefficient (Wildman–Crippen LogP) is 6.55. The van der Waals surface area contributed by atoms with Crippen LogP contribution in [-0.2, 0) is 18.9 Å². The lowest BCUT2D eigenvalue weighted by molar-refractivity contribution is -0.143. The van der Waals surface area contributed by atoms with Crippen LogP contribution in [0, 0.1) is 0 Å². The van der Waals surface area contributed by atoms with Crippen LogP contribution in [0.25, 0.3) is 0 Å². The molecule has 2 fully saturated rings. The van der Waals surface area contributed by atoms with E-state index >= 15 is 0 Å². The van der Waals surface area contributed by atoms with Gasteiger partial charge in [-0.3, -0.25) is 4.90 Å². The maximum absolute atomic E-state index is 13.7. The van der Waals surface area contributed by atoms with Gasteiger partial charge in [0.25, 0.3) is 0 Å². The maximum atomic E-state index is 13.7. The van der Waals surface area contributed by atoms with E-state index < -0.39 is 29.5 Å². The number of likely N-dealkylation sites (N-methyl/N-ethyl adjacent to an activating group) is 1. The molecule has 0 aliphatic carbocycles. The largest absolute Gasteiger partial charge is 0.416 e. The van der Waals surface area contributed by atoms with E-state index in [4.69, 9.17) is 23.2 Å². The number of anilines is 3. The number of amides is 2. The molecule has 1 unspecified atom stereocenters. The van der Waals surface area contributed by atoms with Crippen LogP contribution in [0.15, 0.2) is 36.8 Å². The van der Waals surface area contributed by atoms with Crippen LogP contribution in [0.3, 0.4) is 0 Å². The second kappa shape index (κ2) is 12.1. The van der Waals surface area contributed by atoms with E-state index in [1.165, 1.54) is 28.4 Å². The number of halogens is 8. The van der Waals surface area contributed by atoms with Gasteiger partial charge >= 0.3 is 18.4 Å². The molecule has 236 valence electrons. The fourth-order valence-corrected chi connectivity index (χ4v) is 5.79. The molecule has 0 N–H and O–H groups in total. The lowest BCUT2D eigenvalue weighted by Gasteiger charge is -2.30. The van der Waals surface area contributed by atoms with Crippen LogP contribution < -0.4 is 14.7 Å². The Labute approximate surface area is 258 Å². The summed E-state index contributed by atoms with van der Waals surface area (Å²) in [5.41, 5.74) is -2.66. The highest BCUT2D eigenvalue weighted by Crippen LogP contribution is 2.38. The molecule has 2 aromatic heterocycles. The number of carbonyl (C=O) groups is 1. The molecule has 0 spiro atoms. The zero-order valence-corrected chi connectivity index (χ0v) is 24.9. The maximum Gasteiger partial charge on any atom is 0.416 e. The molecular formula is C27H26Cl2F6N8O. The molecule has 4 heterocycles. The molecule has 1 aromatic carbocycles. The number of carbonyl (C=O) groups excluding carboxylic acids is 1. The Morgan fingerprint density at radius 2 is 1.59 bits per heavy atom. The van der Waals surface area contributed by atoms with Gasteiger partial charge in [-0.25, -0.2) is 19.7 Å². The minimum Gasteiger partial charge on any atom is -0.350 e. The molecule has 0 bridgehead atoms. The van der Waals surface area contributed by atoms with Gasteiger partial charge in [-0.15, -0.1) is 0 Å². The van der Waals surface area contributed by atoms with Gasteiger partial charge in [-0.2, -0.15) is 31.3 Å². The molecule has 3 aromatic rings. The smallest absolute Gasteiger partial charge is 0.350 e. The van der Waals surface area contributed by atoms with Gasteiger partial charge in [0.15, 0.2) is 5.82 Å². The van der Waals surface area contributed by atoms with Crippen molar-refractivity contribution in [3.05, 3.63) is 63.8 Å². The topological polar surface area (TPSA) is 81.6 Å². The Morgan fingerprint density at radius 1 is 0.955 bits per heavy atom. The Morgan fingerprint density at radius 3 is 2.14 bits per heavy atom. The zero-order valence-electron chi connectivity index (χ0n) is 23.4. The summed E-state index contributed by atoms with van der Waals surface area (Å²) in [6.45, 7) is 2.70. The number of urea groups is 1. The van der Waals surface area contributed by atoms with Crippen molar-refractivity contribution in [1.82, 2.24) is 24.8 Å². The molecule has 9 nitrogen and oxygen atoms in total. The van der Waals surface area contributed by atoms with Gasteiger partial charge in [0.05, 0.1) is 41.4 Å². The average molecular weight is 663 g/mol. The van der Waals surface area contributed by atoms with Crippen molar-refractivity contribution in [3.63, 3.8) is 0 Å². The third-order valence-electron chi connectivity index (χ3n) is 7.68. The molecule has 2 amide bonds. The van der Waals surface area contributed by atoms with Crippen LogP contribution in [0.5, 0.6) is 0 Å². The highest BCUT2D eigenvalue weighted by molar-refractivity contribution is 6.33. The van der Waals surface area contributed by atoms with E-state index in [0.717, 1.165) is 0 Å². The summed E-state index contributed by atoms with van der Waals surface area (Å²) in [6, 6.07) is 0.587. The Bertz CT molecular complexity index is 1490. The second-order valence-electron chi connectivity index (χ2n) is 10.6. The third kappa shape index (κ3) is 6.58. The van der Waals surface area contributed by atoms with E-state index in [2.05, 4.69) is 19.9 Å². The number of hydrogen-bond donors (Lipinski definition) is 0. The monoisotopic (exact) mass is 662 g/mol. The van der Waals surface area contributed by atoms with E-state index in [0.29, 0.717) is 49.6 Å². The van der Waals surface area contributed by atoms with Gasteiger partial charge in [0, 0.05) is 39.3 Å². The molecule has 0 saturated carbocycles. The van der Waals surface area contributed by atoms with Crippen LogP contribution >= 0.6 is 23.2 Å². The molecule has 44 heavy (non-hydrogen) atoms. The fraction of sp³-hybridized carbons (Fsp3) is 0.444. The van der Waals surface area contributed by atoms with E-state index in [1.807, 2.05) is 11.8 Å². The minimum atomic E-state index is -5.01. The lowest BCUT2D eigenvalue weighted by Crippen LogP contribution is -2.39. The quantitative estimate of drug-likeness (QED) is 0.210. The molecule has 2 atom stereocenters. The number of hydrogen-bond acceptors (Lipinski definition) is 7. The highest BCUT2D eigenvalue weighted by Gasteiger charge is 2.40. The highest BCUT2D eigenvalue weighted by atomic mass is 35.5. The van der Waals surface area contributed by atoms with Crippen molar-refractivity contribution in [3.8, 4) is 0 Å².